The topological polar surface area (TPSA) is 49.8 Å². The minimum Gasteiger partial charge on any atom is -0.389 e. The van der Waals surface area contributed by atoms with E-state index in [0.29, 0.717) is 5.00 Å². The van der Waals surface area contributed by atoms with Crippen LogP contribution >= 0.6 is 11.3 Å². The van der Waals surface area contributed by atoms with Crippen LogP contribution in [0.4, 0.5) is 5.00 Å². The van der Waals surface area contributed by atoms with Crippen molar-refractivity contribution in [3.8, 4) is 6.07 Å². The minimum absolute atomic E-state index is 0.210. The zero-order valence-electron chi connectivity index (χ0n) is 8.55. The Labute approximate surface area is 88.4 Å². The molecule has 14 heavy (non-hydrogen) atoms. The Bertz CT molecular complexity index is 410. The molecule has 0 atom stereocenters. The fourth-order valence-corrected chi connectivity index (χ4v) is 3.41. The van der Waals surface area contributed by atoms with Crippen LogP contribution in [-0.2, 0) is 11.8 Å². The van der Waals surface area contributed by atoms with Crippen molar-refractivity contribution in [3.63, 3.8) is 0 Å². The van der Waals surface area contributed by atoms with Gasteiger partial charge < -0.3 is 5.73 Å². The molecular weight excluding hydrogens is 192 g/mol. The Morgan fingerprint density at radius 2 is 2.21 bits per heavy atom. The molecule has 1 aliphatic carbocycles. The fraction of sp³-hybridized carbons (Fsp3) is 0.545. The van der Waals surface area contributed by atoms with Crippen LogP contribution in [0, 0.1) is 11.3 Å². The van der Waals surface area contributed by atoms with Gasteiger partial charge in [0, 0.05) is 4.88 Å². The number of hydrogen-bond donors (Lipinski definition) is 1. The summed E-state index contributed by atoms with van der Waals surface area (Å²) in [5.74, 6) is 0. The van der Waals surface area contributed by atoms with Crippen molar-refractivity contribution in [1.29, 1.82) is 5.26 Å². The second-order valence-electron chi connectivity index (χ2n) is 4.50. The van der Waals surface area contributed by atoms with E-state index in [1.807, 2.05) is 0 Å². The Morgan fingerprint density at radius 3 is 2.86 bits per heavy atom. The summed E-state index contributed by atoms with van der Waals surface area (Å²) in [5, 5.41) is 9.71. The Balaban J connectivity index is 2.64. The Morgan fingerprint density at radius 1 is 1.50 bits per heavy atom. The first-order valence-electron chi connectivity index (χ1n) is 4.88. The molecule has 1 aromatic rings. The predicted octanol–water partition coefficient (Wildman–Crippen LogP) is 2.82. The average molecular weight is 206 g/mol. The molecule has 1 aromatic heterocycles. The molecule has 74 valence electrons. The molecular formula is C11H14N2S. The number of fused-ring (bicyclic) bond motifs is 1. The first-order valence-corrected chi connectivity index (χ1v) is 5.69. The lowest BCUT2D eigenvalue weighted by molar-refractivity contribution is 0.442. The molecule has 0 aliphatic heterocycles. The summed E-state index contributed by atoms with van der Waals surface area (Å²) in [6, 6.07) is 2.23. The monoisotopic (exact) mass is 206 g/mol. The zero-order chi connectivity index (χ0) is 10.3. The Kier molecular flexibility index (Phi) is 2.04. The van der Waals surface area contributed by atoms with Crippen molar-refractivity contribution in [2.75, 3.05) is 5.73 Å². The van der Waals surface area contributed by atoms with E-state index in [2.05, 4.69) is 19.9 Å². The lowest BCUT2D eigenvalue weighted by Crippen LogP contribution is -2.21. The number of nitriles is 1. The normalized spacial score (nSPS) is 18.6. The highest BCUT2D eigenvalue weighted by Gasteiger charge is 2.32. The highest BCUT2D eigenvalue weighted by molar-refractivity contribution is 7.16. The molecule has 2 nitrogen and oxygen atoms in total. The van der Waals surface area contributed by atoms with Crippen LogP contribution in [0.15, 0.2) is 0 Å². The van der Waals surface area contributed by atoms with E-state index in [1.165, 1.54) is 23.3 Å². The van der Waals surface area contributed by atoms with Crippen molar-refractivity contribution in [2.24, 2.45) is 0 Å². The van der Waals surface area contributed by atoms with Crippen LogP contribution < -0.4 is 5.73 Å². The summed E-state index contributed by atoms with van der Waals surface area (Å²) in [5.41, 5.74) is 8.01. The van der Waals surface area contributed by atoms with Gasteiger partial charge in [0.2, 0.25) is 0 Å². The fourth-order valence-electron chi connectivity index (χ4n) is 2.21. The quantitative estimate of drug-likeness (QED) is 0.709. The van der Waals surface area contributed by atoms with Gasteiger partial charge in [0.1, 0.15) is 11.1 Å². The molecule has 1 aliphatic rings. The molecule has 0 radical (unpaired) electrons. The molecule has 0 fully saturated rings. The van der Waals surface area contributed by atoms with E-state index in [0.717, 1.165) is 12.0 Å². The summed E-state index contributed by atoms with van der Waals surface area (Å²) in [7, 11) is 0. The average Bonchev–Trinajstić information content (AvgIpc) is 2.42. The van der Waals surface area contributed by atoms with E-state index in [9.17, 15) is 0 Å². The van der Waals surface area contributed by atoms with Crippen molar-refractivity contribution >= 4 is 16.3 Å². The summed E-state index contributed by atoms with van der Waals surface area (Å²) in [6.07, 6.45) is 3.39. The molecule has 0 amide bonds. The van der Waals surface area contributed by atoms with E-state index < -0.39 is 0 Å². The van der Waals surface area contributed by atoms with Gasteiger partial charge in [-0.15, -0.1) is 11.3 Å². The van der Waals surface area contributed by atoms with E-state index in [4.69, 9.17) is 11.0 Å². The highest BCUT2D eigenvalue weighted by atomic mass is 32.1. The van der Waals surface area contributed by atoms with E-state index in [1.54, 1.807) is 11.3 Å². The number of nitrogens with zero attached hydrogens (tertiary/aromatic N) is 1. The lowest BCUT2D eigenvalue weighted by atomic mass is 9.77. The number of nitrogen functional groups attached to an aromatic ring is 1. The number of anilines is 1. The summed E-state index contributed by atoms with van der Waals surface area (Å²) >= 11 is 1.60. The number of nitrogens with two attached hydrogens (primary N) is 1. The SMILES string of the molecule is CC1(C)CCCc2c1sc(N)c2C#N. The van der Waals surface area contributed by atoms with Gasteiger partial charge in [-0.2, -0.15) is 5.26 Å². The van der Waals surface area contributed by atoms with Gasteiger partial charge in [-0.3, -0.25) is 0 Å². The van der Waals surface area contributed by atoms with Crippen molar-refractivity contribution < 1.29 is 0 Å². The standard InChI is InChI=1S/C11H14N2S/c1-11(2)5-3-4-7-8(6-12)10(13)14-9(7)11/h3-5,13H2,1-2H3. The molecule has 0 saturated heterocycles. The molecule has 0 unspecified atom stereocenters. The van der Waals surface area contributed by atoms with Crippen molar-refractivity contribution in [3.05, 3.63) is 16.0 Å². The smallest absolute Gasteiger partial charge is 0.104 e. The van der Waals surface area contributed by atoms with Gasteiger partial charge in [-0.05, 0) is 30.2 Å². The molecule has 0 saturated carbocycles. The third-order valence-corrected chi connectivity index (χ3v) is 4.42. The molecule has 2 rings (SSSR count). The molecule has 0 spiro atoms. The van der Waals surface area contributed by atoms with Crippen LogP contribution in [0.25, 0.3) is 0 Å². The van der Waals surface area contributed by atoms with Crippen LogP contribution in [-0.4, -0.2) is 0 Å². The second kappa shape index (κ2) is 2.99. The number of rotatable bonds is 0. The summed E-state index contributed by atoms with van der Waals surface area (Å²) in [6.45, 7) is 4.48. The third kappa shape index (κ3) is 1.22. The van der Waals surface area contributed by atoms with Crippen LogP contribution in [0.3, 0.4) is 0 Å². The predicted molar refractivity (Wildman–Crippen MR) is 59.4 cm³/mol. The molecule has 2 N–H and O–H groups in total. The summed E-state index contributed by atoms with van der Waals surface area (Å²) < 4.78 is 0. The highest BCUT2D eigenvalue weighted by Crippen LogP contribution is 2.45. The minimum atomic E-state index is 0.210. The van der Waals surface area contributed by atoms with Crippen LogP contribution in [0.1, 0.15) is 42.7 Å². The zero-order valence-corrected chi connectivity index (χ0v) is 9.37. The van der Waals surface area contributed by atoms with Gasteiger partial charge in [-0.25, -0.2) is 0 Å². The second-order valence-corrected chi connectivity index (χ2v) is 5.55. The molecule has 0 aromatic carbocycles. The largest absolute Gasteiger partial charge is 0.389 e. The first kappa shape index (κ1) is 9.54. The van der Waals surface area contributed by atoms with Gasteiger partial charge in [0.25, 0.3) is 0 Å². The first-order chi connectivity index (χ1) is 6.56. The van der Waals surface area contributed by atoms with Crippen molar-refractivity contribution in [2.45, 2.75) is 38.5 Å². The van der Waals surface area contributed by atoms with Gasteiger partial charge >= 0.3 is 0 Å². The summed E-state index contributed by atoms with van der Waals surface area (Å²) in [4.78, 5) is 1.33. The maximum absolute atomic E-state index is 9.01. The molecule has 1 heterocycles. The van der Waals surface area contributed by atoms with E-state index in [-0.39, 0.29) is 5.41 Å². The van der Waals surface area contributed by atoms with Gasteiger partial charge in [0.05, 0.1) is 5.56 Å². The maximum Gasteiger partial charge on any atom is 0.104 e. The number of hydrogen-bond acceptors (Lipinski definition) is 3. The third-order valence-electron chi connectivity index (χ3n) is 2.99. The van der Waals surface area contributed by atoms with Crippen molar-refractivity contribution in [1.82, 2.24) is 0 Å². The number of thiophene rings is 1. The van der Waals surface area contributed by atoms with Crippen LogP contribution in [0.2, 0.25) is 0 Å². The van der Waals surface area contributed by atoms with Gasteiger partial charge in [0.15, 0.2) is 0 Å². The van der Waals surface area contributed by atoms with E-state index >= 15 is 0 Å². The maximum atomic E-state index is 9.01. The lowest BCUT2D eigenvalue weighted by Gasteiger charge is -2.29. The van der Waals surface area contributed by atoms with Crippen LogP contribution in [0.5, 0.6) is 0 Å². The molecule has 3 heteroatoms. The Hall–Kier alpha value is -1.01. The molecule has 0 bridgehead atoms. The van der Waals surface area contributed by atoms with Gasteiger partial charge in [-0.1, -0.05) is 13.8 Å².